The number of benzene rings is 1. The molecular formula is C22H24N4O2. The number of hydrogen-bond acceptors (Lipinski definition) is 5. The van der Waals surface area contributed by atoms with E-state index in [2.05, 4.69) is 15.3 Å². The van der Waals surface area contributed by atoms with Gasteiger partial charge in [0.1, 0.15) is 5.75 Å². The number of aryl methyl sites for hydroxylation is 1. The molecule has 6 nitrogen and oxygen atoms in total. The van der Waals surface area contributed by atoms with Gasteiger partial charge in [0.05, 0.1) is 23.5 Å². The minimum absolute atomic E-state index is 0.00358. The molecule has 4 rings (SSSR count). The van der Waals surface area contributed by atoms with Crippen LogP contribution >= 0.6 is 0 Å². The number of nitrogens with one attached hydrogen (secondary N) is 1. The molecule has 0 bridgehead atoms. The first kappa shape index (κ1) is 18.2. The normalized spacial score (nSPS) is 13.7. The molecule has 0 saturated carbocycles. The number of fused-ring (bicyclic) bond motifs is 1. The van der Waals surface area contributed by atoms with Gasteiger partial charge in [0, 0.05) is 30.4 Å². The van der Waals surface area contributed by atoms with Gasteiger partial charge in [-0.15, -0.1) is 0 Å². The average molecular weight is 376 g/mol. The molecule has 3 heterocycles. The minimum atomic E-state index is 0.00358. The number of rotatable bonds is 5. The van der Waals surface area contributed by atoms with Crippen LogP contribution in [0.5, 0.6) is 5.75 Å². The number of aromatic nitrogens is 2. The Kier molecular flexibility index (Phi) is 5.10. The second kappa shape index (κ2) is 7.84. The monoisotopic (exact) mass is 376 g/mol. The molecule has 1 aromatic carbocycles. The second-order valence-corrected chi connectivity index (χ2v) is 6.92. The van der Waals surface area contributed by atoms with Crippen LogP contribution in [0.3, 0.4) is 0 Å². The van der Waals surface area contributed by atoms with Crippen LogP contribution in [0.1, 0.15) is 35.8 Å². The van der Waals surface area contributed by atoms with Crippen molar-refractivity contribution in [2.75, 3.05) is 25.0 Å². The highest BCUT2D eigenvalue weighted by Gasteiger charge is 2.24. The Morgan fingerprint density at radius 2 is 1.96 bits per heavy atom. The van der Waals surface area contributed by atoms with E-state index in [4.69, 9.17) is 4.74 Å². The van der Waals surface area contributed by atoms with E-state index in [1.165, 1.54) is 0 Å². The summed E-state index contributed by atoms with van der Waals surface area (Å²) in [6.07, 6.45) is 3.73. The van der Waals surface area contributed by atoms with Crippen molar-refractivity contribution in [1.82, 2.24) is 14.9 Å². The lowest BCUT2D eigenvalue weighted by Gasteiger charge is -2.20. The maximum absolute atomic E-state index is 13.2. The van der Waals surface area contributed by atoms with E-state index >= 15 is 0 Å². The molecular weight excluding hydrogens is 352 g/mol. The number of anilines is 2. The van der Waals surface area contributed by atoms with Gasteiger partial charge in [-0.25, -0.2) is 9.97 Å². The molecule has 0 unspecified atom stereocenters. The maximum atomic E-state index is 13.2. The van der Waals surface area contributed by atoms with Crippen molar-refractivity contribution in [3.8, 4) is 5.75 Å². The third-order valence-corrected chi connectivity index (χ3v) is 4.94. The molecule has 2 aromatic heterocycles. The lowest BCUT2D eigenvalue weighted by atomic mass is 10.1. The van der Waals surface area contributed by atoms with Gasteiger partial charge in [-0.3, -0.25) is 4.79 Å². The molecule has 1 saturated heterocycles. The van der Waals surface area contributed by atoms with Crippen LogP contribution in [-0.4, -0.2) is 40.5 Å². The fourth-order valence-electron chi connectivity index (χ4n) is 3.55. The molecule has 1 fully saturated rings. The highest BCUT2D eigenvalue weighted by molar-refractivity contribution is 6.07. The predicted octanol–water partition coefficient (Wildman–Crippen LogP) is 4.32. The van der Waals surface area contributed by atoms with E-state index in [0.717, 1.165) is 54.1 Å². The Morgan fingerprint density at radius 1 is 1.18 bits per heavy atom. The topological polar surface area (TPSA) is 67.3 Å². The fraction of sp³-hybridized carbons (Fsp3) is 0.318. The van der Waals surface area contributed by atoms with Crippen molar-refractivity contribution in [1.29, 1.82) is 0 Å². The summed E-state index contributed by atoms with van der Waals surface area (Å²) >= 11 is 0. The minimum Gasteiger partial charge on any atom is -0.492 e. The lowest BCUT2D eigenvalue weighted by molar-refractivity contribution is 0.0793. The van der Waals surface area contributed by atoms with Gasteiger partial charge in [-0.1, -0.05) is 12.1 Å². The highest BCUT2D eigenvalue weighted by Crippen LogP contribution is 2.34. The molecule has 28 heavy (non-hydrogen) atoms. The molecule has 0 atom stereocenters. The number of carbonyl (C=O) groups excluding carboxylic acids is 1. The zero-order chi connectivity index (χ0) is 19.5. The van der Waals surface area contributed by atoms with Gasteiger partial charge >= 0.3 is 0 Å². The van der Waals surface area contributed by atoms with Gasteiger partial charge in [0.15, 0.2) is 5.65 Å². The Morgan fingerprint density at radius 3 is 2.75 bits per heavy atom. The summed E-state index contributed by atoms with van der Waals surface area (Å²) in [6, 6.07) is 11.6. The van der Waals surface area contributed by atoms with Gasteiger partial charge in [0.25, 0.3) is 5.91 Å². The molecule has 1 aliphatic rings. The number of likely N-dealkylation sites (tertiary alicyclic amines) is 1. The van der Waals surface area contributed by atoms with Crippen LogP contribution in [0, 0.1) is 6.92 Å². The van der Waals surface area contributed by atoms with E-state index in [-0.39, 0.29) is 5.91 Å². The summed E-state index contributed by atoms with van der Waals surface area (Å²) in [7, 11) is 0. The van der Waals surface area contributed by atoms with E-state index in [9.17, 15) is 4.79 Å². The molecule has 0 radical (unpaired) electrons. The van der Waals surface area contributed by atoms with Crippen molar-refractivity contribution < 1.29 is 9.53 Å². The first-order valence-electron chi connectivity index (χ1n) is 9.72. The van der Waals surface area contributed by atoms with E-state index in [0.29, 0.717) is 17.8 Å². The molecule has 0 spiro atoms. The van der Waals surface area contributed by atoms with Crippen molar-refractivity contribution in [2.24, 2.45) is 0 Å². The summed E-state index contributed by atoms with van der Waals surface area (Å²) in [5, 5.41) is 4.26. The molecule has 144 valence electrons. The molecule has 1 N–H and O–H groups in total. The molecule has 6 heteroatoms. The van der Waals surface area contributed by atoms with Crippen LogP contribution in [0.2, 0.25) is 0 Å². The largest absolute Gasteiger partial charge is 0.492 e. The van der Waals surface area contributed by atoms with Gasteiger partial charge < -0.3 is 15.0 Å². The highest BCUT2D eigenvalue weighted by atomic mass is 16.5. The van der Waals surface area contributed by atoms with E-state index < -0.39 is 0 Å². The summed E-state index contributed by atoms with van der Waals surface area (Å²) in [5.41, 5.74) is 3.61. The SMILES string of the molecule is CCOc1ccccc1Nc1c(C(=O)N2CCCC2)cnc2nc(C)ccc12. The summed E-state index contributed by atoms with van der Waals surface area (Å²) < 4.78 is 5.75. The summed E-state index contributed by atoms with van der Waals surface area (Å²) in [6.45, 7) is 6.03. The third-order valence-electron chi connectivity index (χ3n) is 4.94. The van der Waals surface area contributed by atoms with Gasteiger partial charge in [-0.2, -0.15) is 0 Å². The molecule has 0 aliphatic carbocycles. The van der Waals surface area contributed by atoms with E-state index in [1.807, 2.05) is 55.1 Å². The van der Waals surface area contributed by atoms with E-state index in [1.54, 1.807) is 6.20 Å². The molecule has 1 amide bonds. The Hall–Kier alpha value is -3.15. The standard InChI is InChI=1S/C22H24N4O2/c1-3-28-19-9-5-4-8-18(19)25-20-16-11-10-15(2)24-21(16)23-14-17(20)22(27)26-12-6-7-13-26/h4-5,8-11,14H,3,6-7,12-13H2,1-2H3,(H,23,24,25). The van der Waals surface area contributed by atoms with Gasteiger partial charge in [-0.05, 0) is 51.0 Å². The lowest BCUT2D eigenvalue weighted by Crippen LogP contribution is -2.28. The molecule has 1 aliphatic heterocycles. The predicted molar refractivity (Wildman–Crippen MR) is 110 cm³/mol. The van der Waals surface area contributed by atoms with Crippen LogP contribution in [0.15, 0.2) is 42.6 Å². The Labute approximate surface area is 164 Å². The zero-order valence-corrected chi connectivity index (χ0v) is 16.2. The van der Waals surface area contributed by atoms with Crippen molar-refractivity contribution in [3.63, 3.8) is 0 Å². The summed E-state index contributed by atoms with van der Waals surface area (Å²) in [5.74, 6) is 0.749. The van der Waals surface area contributed by atoms with Gasteiger partial charge in [0.2, 0.25) is 0 Å². The number of hydrogen-bond donors (Lipinski definition) is 1. The molecule has 3 aromatic rings. The second-order valence-electron chi connectivity index (χ2n) is 6.92. The first-order chi connectivity index (χ1) is 13.7. The number of amides is 1. The first-order valence-corrected chi connectivity index (χ1v) is 9.72. The summed E-state index contributed by atoms with van der Waals surface area (Å²) in [4.78, 5) is 24.1. The van der Waals surface area contributed by atoms with Crippen LogP contribution in [-0.2, 0) is 0 Å². The number of para-hydroxylation sites is 2. The fourth-order valence-corrected chi connectivity index (χ4v) is 3.55. The number of carbonyl (C=O) groups is 1. The maximum Gasteiger partial charge on any atom is 0.257 e. The number of nitrogens with zero attached hydrogens (tertiary/aromatic N) is 3. The van der Waals surface area contributed by atoms with Crippen molar-refractivity contribution >= 4 is 28.3 Å². The van der Waals surface area contributed by atoms with Crippen LogP contribution in [0.4, 0.5) is 11.4 Å². The Bertz CT molecular complexity index is 1010. The van der Waals surface area contributed by atoms with Crippen molar-refractivity contribution in [3.05, 3.63) is 53.9 Å². The van der Waals surface area contributed by atoms with Crippen LogP contribution in [0.25, 0.3) is 11.0 Å². The Balaban J connectivity index is 1.84. The number of ether oxygens (including phenoxy) is 1. The smallest absolute Gasteiger partial charge is 0.257 e. The van der Waals surface area contributed by atoms with Crippen molar-refractivity contribution in [2.45, 2.75) is 26.7 Å². The third kappa shape index (κ3) is 3.50. The number of pyridine rings is 2. The average Bonchev–Trinajstić information content (AvgIpc) is 3.24. The zero-order valence-electron chi connectivity index (χ0n) is 16.2. The van der Waals surface area contributed by atoms with Crippen LogP contribution < -0.4 is 10.1 Å². The quantitative estimate of drug-likeness (QED) is 0.718.